The number of benzene rings is 3. The number of rotatable bonds is 7. The average molecular weight is 422 g/mol. The topological polar surface area (TPSA) is 105 Å². The molecule has 0 aromatic heterocycles. The molecule has 0 radical (unpaired) electrons. The summed E-state index contributed by atoms with van der Waals surface area (Å²) in [5.41, 5.74) is 1.09. The number of carbonyl (C=O) groups is 2. The monoisotopic (exact) mass is 422 g/mol. The van der Waals surface area contributed by atoms with E-state index in [0.717, 1.165) is 6.07 Å². The van der Waals surface area contributed by atoms with Crippen molar-refractivity contribution >= 4 is 29.0 Å². The summed E-state index contributed by atoms with van der Waals surface area (Å²) >= 11 is 0. The molecule has 3 amide bonds. The van der Waals surface area contributed by atoms with Gasteiger partial charge in [-0.05, 0) is 42.5 Å². The predicted octanol–water partition coefficient (Wildman–Crippen LogP) is 4.20. The average Bonchev–Trinajstić information content (AvgIpc) is 2.77. The Balaban J connectivity index is 1.67. The van der Waals surface area contributed by atoms with Crippen molar-refractivity contribution in [1.29, 1.82) is 0 Å². The van der Waals surface area contributed by atoms with Gasteiger partial charge >= 0.3 is 6.03 Å². The van der Waals surface area contributed by atoms with E-state index in [-0.39, 0.29) is 24.3 Å². The second kappa shape index (κ2) is 9.97. The Morgan fingerprint density at radius 2 is 1.68 bits per heavy atom. The molecule has 3 aromatic rings. The molecule has 0 bridgehead atoms. The molecule has 8 nitrogen and oxygen atoms in total. The number of hydrogen-bond acceptors (Lipinski definition) is 4. The highest BCUT2D eigenvalue weighted by Gasteiger charge is 2.17. The van der Waals surface area contributed by atoms with Crippen molar-refractivity contribution in [2.45, 2.75) is 0 Å². The van der Waals surface area contributed by atoms with E-state index in [1.54, 1.807) is 24.3 Å². The van der Waals surface area contributed by atoms with Crippen molar-refractivity contribution in [3.8, 4) is 0 Å². The van der Waals surface area contributed by atoms with E-state index in [4.69, 9.17) is 0 Å². The smallest absolute Gasteiger partial charge is 0.326 e. The van der Waals surface area contributed by atoms with Crippen LogP contribution < -0.4 is 15.5 Å². The van der Waals surface area contributed by atoms with Crippen LogP contribution in [0.2, 0.25) is 0 Å². The van der Waals surface area contributed by atoms with Crippen molar-refractivity contribution < 1.29 is 18.9 Å². The van der Waals surface area contributed by atoms with Crippen molar-refractivity contribution in [1.82, 2.24) is 5.32 Å². The molecule has 0 heterocycles. The fourth-order valence-electron chi connectivity index (χ4n) is 2.83. The van der Waals surface area contributed by atoms with Crippen LogP contribution in [0.4, 0.5) is 26.2 Å². The van der Waals surface area contributed by atoms with Crippen LogP contribution in [0, 0.1) is 15.9 Å². The standard InChI is InChI=1S/C22H19FN4O4/c23-17-6-4-5-16(15-17)21(28)24-13-14-26(19-7-2-1-3-8-19)22(29)25-18-9-11-20(12-10-18)27(30)31/h1-12,15H,13-14H2,(H,24,28)(H,25,29). The van der Waals surface area contributed by atoms with Crippen LogP contribution in [0.15, 0.2) is 78.9 Å². The summed E-state index contributed by atoms with van der Waals surface area (Å²) in [5.74, 6) is -0.968. The van der Waals surface area contributed by atoms with Gasteiger partial charge in [-0.2, -0.15) is 0 Å². The summed E-state index contributed by atoms with van der Waals surface area (Å²) < 4.78 is 13.3. The maximum atomic E-state index is 13.3. The number of nitrogens with one attached hydrogen (secondary N) is 2. The highest BCUT2D eigenvalue weighted by molar-refractivity contribution is 6.02. The lowest BCUT2D eigenvalue weighted by Gasteiger charge is -2.23. The number of urea groups is 1. The number of nitro groups is 1. The molecule has 158 valence electrons. The van der Waals surface area contributed by atoms with Crippen molar-refractivity contribution in [2.75, 3.05) is 23.3 Å². The number of para-hydroxylation sites is 1. The van der Waals surface area contributed by atoms with Crippen LogP contribution in [0.3, 0.4) is 0 Å². The molecular weight excluding hydrogens is 403 g/mol. The number of amides is 3. The van der Waals surface area contributed by atoms with E-state index >= 15 is 0 Å². The van der Waals surface area contributed by atoms with Crippen LogP contribution in [0.25, 0.3) is 0 Å². The Hall–Kier alpha value is -4.27. The molecule has 31 heavy (non-hydrogen) atoms. The summed E-state index contributed by atoms with van der Waals surface area (Å²) in [4.78, 5) is 36.7. The van der Waals surface area contributed by atoms with Gasteiger partial charge in [0.25, 0.3) is 11.6 Å². The minimum Gasteiger partial charge on any atom is -0.350 e. The van der Waals surface area contributed by atoms with Crippen molar-refractivity contribution in [3.63, 3.8) is 0 Å². The van der Waals surface area contributed by atoms with Gasteiger partial charge in [-0.25, -0.2) is 9.18 Å². The Kier molecular flexibility index (Phi) is 6.89. The van der Waals surface area contributed by atoms with E-state index < -0.39 is 22.7 Å². The molecule has 0 aliphatic rings. The molecule has 0 unspecified atom stereocenters. The Bertz CT molecular complexity index is 1070. The molecular formula is C22H19FN4O4. The molecule has 0 aliphatic carbocycles. The van der Waals surface area contributed by atoms with Crippen LogP contribution in [0.1, 0.15) is 10.4 Å². The van der Waals surface area contributed by atoms with E-state index in [0.29, 0.717) is 11.4 Å². The summed E-state index contributed by atoms with van der Waals surface area (Å²) in [7, 11) is 0. The largest absolute Gasteiger partial charge is 0.350 e. The molecule has 2 N–H and O–H groups in total. The highest BCUT2D eigenvalue weighted by Crippen LogP contribution is 2.18. The second-order valence-electron chi connectivity index (χ2n) is 6.49. The van der Waals surface area contributed by atoms with Gasteiger partial charge in [0.2, 0.25) is 0 Å². The first kappa shape index (κ1) is 21.4. The van der Waals surface area contributed by atoms with Gasteiger partial charge in [0.1, 0.15) is 5.82 Å². The third kappa shape index (κ3) is 5.86. The molecule has 0 atom stereocenters. The Morgan fingerprint density at radius 1 is 0.968 bits per heavy atom. The van der Waals surface area contributed by atoms with Crippen LogP contribution in [-0.4, -0.2) is 30.0 Å². The zero-order valence-electron chi connectivity index (χ0n) is 16.3. The van der Waals surface area contributed by atoms with Gasteiger partial charge in [0.15, 0.2) is 0 Å². The lowest BCUT2D eigenvalue weighted by atomic mass is 10.2. The number of nitrogens with zero attached hydrogens (tertiary/aromatic N) is 2. The maximum absolute atomic E-state index is 13.3. The molecule has 0 fully saturated rings. The van der Waals surface area contributed by atoms with Crippen molar-refractivity contribution in [3.05, 3.63) is 100 Å². The predicted molar refractivity (Wildman–Crippen MR) is 115 cm³/mol. The minimum atomic E-state index is -0.525. The van der Waals surface area contributed by atoms with Gasteiger partial charge in [-0.3, -0.25) is 19.8 Å². The molecule has 3 aromatic carbocycles. The third-order valence-electron chi connectivity index (χ3n) is 4.35. The third-order valence-corrected chi connectivity index (χ3v) is 4.35. The molecule has 0 saturated heterocycles. The second-order valence-corrected chi connectivity index (χ2v) is 6.49. The molecule has 0 aliphatic heterocycles. The lowest BCUT2D eigenvalue weighted by molar-refractivity contribution is -0.384. The fourth-order valence-corrected chi connectivity index (χ4v) is 2.83. The number of halogens is 1. The first-order valence-corrected chi connectivity index (χ1v) is 9.36. The molecule has 0 saturated carbocycles. The van der Waals surface area contributed by atoms with Crippen molar-refractivity contribution in [2.24, 2.45) is 0 Å². The van der Waals surface area contributed by atoms with Gasteiger partial charge in [-0.15, -0.1) is 0 Å². The quantitative estimate of drug-likeness (QED) is 0.440. The van der Waals surface area contributed by atoms with Gasteiger partial charge < -0.3 is 10.6 Å². The summed E-state index contributed by atoms with van der Waals surface area (Å²) in [5, 5.41) is 16.1. The van der Waals surface area contributed by atoms with Gasteiger partial charge in [0.05, 0.1) is 4.92 Å². The summed E-state index contributed by atoms with van der Waals surface area (Å²) in [6, 6.07) is 19.1. The number of anilines is 2. The van der Waals surface area contributed by atoms with Crippen LogP contribution >= 0.6 is 0 Å². The van der Waals surface area contributed by atoms with Crippen LogP contribution in [0.5, 0.6) is 0 Å². The zero-order valence-corrected chi connectivity index (χ0v) is 16.3. The minimum absolute atomic E-state index is 0.0852. The van der Waals surface area contributed by atoms with E-state index in [2.05, 4.69) is 10.6 Å². The Morgan fingerprint density at radius 3 is 2.32 bits per heavy atom. The first-order valence-electron chi connectivity index (χ1n) is 9.36. The molecule has 9 heteroatoms. The number of nitro benzene ring substituents is 1. The SMILES string of the molecule is O=C(NCCN(C(=O)Nc1ccc([N+](=O)[O-])cc1)c1ccccc1)c1cccc(F)c1. The highest BCUT2D eigenvalue weighted by atomic mass is 19.1. The lowest BCUT2D eigenvalue weighted by Crippen LogP contribution is -2.41. The van der Waals surface area contributed by atoms with E-state index in [1.165, 1.54) is 47.4 Å². The zero-order chi connectivity index (χ0) is 22.2. The normalized spacial score (nSPS) is 10.2. The van der Waals surface area contributed by atoms with E-state index in [1.807, 2.05) is 6.07 Å². The Labute approximate surface area is 177 Å². The number of carbonyl (C=O) groups excluding carboxylic acids is 2. The van der Waals surface area contributed by atoms with E-state index in [9.17, 15) is 24.1 Å². The molecule has 0 spiro atoms. The van der Waals surface area contributed by atoms with Gasteiger partial charge in [0, 0.05) is 42.2 Å². The maximum Gasteiger partial charge on any atom is 0.326 e. The summed E-state index contributed by atoms with van der Waals surface area (Å²) in [6.07, 6.45) is 0. The van der Waals surface area contributed by atoms with Gasteiger partial charge in [-0.1, -0.05) is 24.3 Å². The first-order chi connectivity index (χ1) is 14.9. The summed E-state index contributed by atoms with van der Waals surface area (Å²) in [6.45, 7) is 0.266. The number of non-ortho nitro benzene ring substituents is 1. The van der Waals surface area contributed by atoms with Crippen LogP contribution in [-0.2, 0) is 0 Å². The number of hydrogen-bond donors (Lipinski definition) is 2. The molecule has 3 rings (SSSR count). The fraction of sp³-hybridized carbons (Fsp3) is 0.0909.